The summed E-state index contributed by atoms with van der Waals surface area (Å²) in [6.45, 7) is 4.79. The summed E-state index contributed by atoms with van der Waals surface area (Å²) in [6, 6.07) is 15.4. The number of ether oxygens (including phenoxy) is 1. The van der Waals surface area contributed by atoms with Crippen molar-refractivity contribution in [2.24, 2.45) is 0 Å². The summed E-state index contributed by atoms with van der Waals surface area (Å²) >= 11 is 6.05. The van der Waals surface area contributed by atoms with Gasteiger partial charge in [0.15, 0.2) is 0 Å². The molecule has 1 aliphatic rings. The summed E-state index contributed by atoms with van der Waals surface area (Å²) in [5.41, 5.74) is 2.93. The van der Waals surface area contributed by atoms with Gasteiger partial charge in [0.05, 0.1) is 12.2 Å². The molecule has 0 unspecified atom stereocenters. The molecular formula is C26H24ClN3O4. The molecule has 1 N–H and O–H groups in total. The molecule has 0 saturated carbocycles. The number of carbonyl (C=O) groups excluding carboxylic acids is 3. The van der Waals surface area contributed by atoms with Gasteiger partial charge in [0.25, 0.3) is 11.8 Å². The van der Waals surface area contributed by atoms with Gasteiger partial charge in [-0.1, -0.05) is 30.7 Å². The lowest BCUT2D eigenvalue weighted by Crippen LogP contribution is -2.54. The molecule has 0 radical (unpaired) electrons. The lowest BCUT2D eigenvalue weighted by atomic mass is 10.1. The molecular weight excluding hydrogens is 454 g/mol. The molecule has 1 fully saturated rings. The van der Waals surface area contributed by atoms with Crippen molar-refractivity contribution >= 4 is 41.2 Å². The maximum atomic E-state index is 13.1. The van der Waals surface area contributed by atoms with Crippen LogP contribution in [0.4, 0.5) is 10.5 Å². The molecule has 0 spiro atoms. The van der Waals surface area contributed by atoms with E-state index >= 15 is 0 Å². The zero-order chi connectivity index (χ0) is 24.2. The third-order valence-electron chi connectivity index (χ3n) is 5.59. The number of amides is 4. The Kier molecular flexibility index (Phi) is 6.84. The van der Waals surface area contributed by atoms with E-state index in [2.05, 4.69) is 5.32 Å². The van der Waals surface area contributed by atoms with Crippen LogP contribution >= 0.6 is 11.6 Å². The maximum Gasteiger partial charge on any atom is 0.335 e. The predicted molar refractivity (Wildman–Crippen MR) is 131 cm³/mol. The zero-order valence-electron chi connectivity index (χ0n) is 18.9. The normalized spacial score (nSPS) is 15.1. The van der Waals surface area contributed by atoms with Crippen molar-refractivity contribution in [3.8, 4) is 5.75 Å². The Balaban J connectivity index is 1.51. The second-order valence-electron chi connectivity index (χ2n) is 7.86. The van der Waals surface area contributed by atoms with Crippen molar-refractivity contribution in [3.05, 3.63) is 88.2 Å². The van der Waals surface area contributed by atoms with Gasteiger partial charge < -0.3 is 9.30 Å². The number of barbiturate groups is 1. The fourth-order valence-corrected chi connectivity index (χ4v) is 3.77. The number of aromatic nitrogens is 1. The highest BCUT2D eigenvalue weighted by Gasteiger charge is 2.36. The number of urea groups is 1. The molecule has 34 heavy (non-hydrogen) atoms. The lowest BCUT2D eigenvalue weighted by Gasteiger charge is -2.26. The molecule has 2 heterocycles. The summed E-state index contributed by atoms with van der Waals surface area (Å²) in [4.78, 5) is 39.0. The number of nitrogens with one attached hydrogen (secondary N) is 1. The molecule has 7 nitrogen and oxygen atoms in total. The molecule has 2 aromatic carbocycles. The van der Waals surface area contributed by atoms with Gasteiger partial charge in [0.1, 0.15) is 17.9 Å². The fourth-order valence-electron chi connectivity index (χ4n) is 3.65. The molecule has 0 aliphatic carbocycles. The first-order chi connectivity index (χ1) is 16.4. The van der Waals surface area contributed by atoms with E-state index in [0.717, 1.165) is 22.4 Å². The van der Waals surface area contributed by atoms with Crippen molar-refractivity contribution in [1.29, 1.82) is 0 Å². The Morgan fingerprint density at radius 3 is 2.53 bits per heavy atom. The minimum absolute atomic E-state index is 0.117. The number of aryl methyl sites for hydroxylation is 2. The van der Waals surface area contributed by atoms with Crippen molar-refractivity contribution < 1.29 is 19.1 Å². The first-order valence-electron chi connectivity index (χ1n) is 10.9. The number of hydrogen-bond acceptors (Lipinski definition) is 4. The van der Waals surface area contributed by atoms with Crippen LogP contribution in [0.3, 0.4) is 0 Å². The molecule has 4 rings (SSSR count). The van der Waals surface area contributed by atoms with Gasteiger partial charge in [0.2, 0.25) is 0 Å². The molecule has 0 bridgehead atoms. The van der Waals surface area contributed by atoms with E-state index in [9.17, 15) is 14.4 Å². The molecule has 1 aliphatic heterocycles. The van der Waals surface area contributed by atoms with Crippen LogP contribution in [0, 0.1) is 6.92 Å². The molecule has 4 amide bonds. The molecule has 0 atom stereocenters. The van der Waals surface area contributed by atoms with Crippen molar-refractivity contribution in [3.63, 3.8) is 0 Å². The Morgan fingerprint density at radius 2 is 1.82 bits per heavy atom. The first-order valence-corrected chi connectivity index (χ1v) is 11.3. The van der Waals surface area contributed by atoms with Crippen LogP contribution in [0.1, 0.15) is 23.7 Å². The van der Waals surface area contributed by atoms with Gasteiger partial charge in [-0.2, -0.15) is 0 Å². The van der Waals surface area contributed by atoms with Crippen LogP contribution in [0.15, 0.2) is 66.4 Å². The maximum absolute atomic E-state index is 13.1. The van der Waals surface area contributed by atoms with Crippen molar-refractivity contribution in [2.75, 3.05) is 11.5 Å². The average Bonchev–Trinajstić information content (AvgIpc) is 3.26. The summed E-state index contributed by atoms with van der Waals surface area (Å²) in [5.74, 6) is -0.685. The molecule has 1 saturated heterocycles. The summed E-state index contributed by atoms with van der Waals surface area (Å²) in [5, 5.41) is 2.93. The van der Waals surface area contributed by atoms with Gasteiger partial charge >= 0.3 is 6.03 Å². The van der Waals surface area contributed by atoms with Crippen LogP contribution in [-0.4, -0.2) is 29.0 Å². The smallest absolute Gasteiger partial charge is 0.335 e. The van der Waals surface area contributed by atoms with Gasteiger partial charge in [0, 0.05) is 16.9 Å². The SMILES string of the molecule is CCc1ccc(N2C(=O)NC(=O)/C(=C/c3cccn3CCOc3ccc(Cl)c(C)c3)C2=O)cc1. The number of hydrogen-bond donors (Lipinski definition) is 1. The monoisotopic (exact) mass is 477 g/mol. The Labute approximate surface area is 202 Å². The minimum atomic E-state index is -0.765. The lowest BCUT2D eigenvalue weighted by molar-refractivity contribution is -0.122. The van der Waals surface area contributed by atoms with Crippen molar-refractivity contribution in [1.82, 2.24) is 9.88 Å². The number of carbonyl (C=O) groups is 3. The first kappa shape index (κ1) is 23.3. The van der Waals surface area contributed by atoms with Crippen molar-refractivity contribution in [2.45, 2.75) is 26.8 Å². The standard InChI is InChI=1S/C26H24ClN3O4/c1-3-18-6-8-19(9-7-18)30-25(32)22(24(31)28-26(30)33)16-20-5-4-12-29(20)13-14-34-21-10-11-23(27)17(2)15-21/h4-12,15-16H,3,13-14H2,1-2H3,(H,28,31,33)/b22-16-. The van der Waals surface area contributed by atoms with Crippen LogP contribution in [0.25, 0.3) is 6.08 Å². The highest BCUT2D eigenvalue weighted by Crippen LogP contribution is 2.23. The van der Waals surface area contributed by atoms with Gasteiger partial charge in [-0.15, -0.1) is 0 Å². The van der Waals surface area contributed by atoms with E-state index < -0.39 is 17.8 Å². The number of nitrogens with zero attached hydrogens (tertiary/aromatic N) is 2. The predicted octanol–water partition coefficient (Wildman–Crippen LogP) is 4.76. The second kappa shape index (κ2) is 9.97. The topological polar surface area (TPSA) is 80.6 Å². The number of imide groups is 2. The Morgan fingerprint density at radius 1 is 1.06 bits per heavy atom. The number of anilines is 1. The Hall–Kier alpha value is -3.84. The summed E-state index contributed by atoms with van der Waals surface area (Å²) < 4.78 is 7.68. The van der Waals surface area contributed by atoms with Gasteiger partial charge in [-0.3, -0.25) is 14.9 Å². The van der Waals surface area contributed by atoms with Crippen LogP contribution < -0.4 is 15.0 Å². The van der Waals surface area contributed by atoms with Gasteiger partial charge in [-0.25, -0.2) is 9.69 Å². The number of rotatable bonds is 7. The van der Waals surface area contributed by atoms with Gasteiger partial charge in [-0.05, 0) is 73.0 Å². The summed E-state index contributed by atoms with van der Waals surface area (Å²) in [7, 11) is 0. The van der Waals surface area contributed by atoms with Crippen LogP contribution in [0.2, 0.25) is 5.02 Å². The second-order valence-corrected chi connectivity index (χ2v) is 8.27. The van der Waals surface area contributed by atoms with E-state index in [4.69, 9.17) is 16.3 Å². The zero-order valence-corrected chi connectivity index (χ0v) is 19.6. The molecule has 3 aromatic rings. The van der Waals surface area contributed by atoms with Crippen LogP contribution in [-0.2, 0) is 22.6 Å². The third kappa shape index (κ3) is 4.89. The highest BCUT2D eigenvalue weighted by atomic mass is 35.5. The average molecular weight is 478 g/mol. The number of halogens is 1. The molecule has 174 valence electrons. The largest absolute Gasteiger partial charge is 0.492 e. The molecule has 8 heteroatoms. The number of benzene rings is 2. The van der Waals surface area contributed by atoms with E-state index in [1.807, 2.05) is 48.9 Å². The Bertz CT molecular complexity index is 1280. The molecule has 1 aromatic heterocycles. The fraction of sp³-hybridized carbons (Fsp3) is 0.192. The van der Waals surface area contributed by atoms with Crippen LogP contribution in [0.5, 0.6) is 5.75 Å². The minimum Gasteiger partial charge on any atom is -0.492 e. The van der Waals surface area contributed by atoms with E-state index in [-0.39, 0.29) is 5.57 Å². The quantitative estimate of drug-likeness (QED) is 0.393. The van der Waals surface area contributed by atoms with E-state index in [0.29, 0.717) is 35.3 Å². The highest BCUT2D eigenvalue weighted by molar-refractivity contribution is 6.39. The third-order valence-corrected chi connectivity index (χ3v) is 6.02. The van der Waals surface area contributed by atoms with E-state index in [1.54, 1.807) is 30.3 Å². The van der Waals surface area contributed by atoms with E-state index in [1.165, 1.54) is 6.08 Å². The summed E-state index contributed by atoms with van der Waals surface area (Å²) in [6.07, 6.45) is 4.16.